The smallest absolute Gasteiger partial charge is 0.397 e. The molecule has 2 heterocycles. The Morgan fingerprint density at radius 1 is 1.07 bits per heavy atom. The second kappa shape index (κ2) is 7.58. The van der Waals surface area contributed by atoms with E-state index in [0.29, 0.717) is 29.7 Å². The fraction of sp³-hybridized carbons (Fsp3) is 0.455. The summed E-state index contributed by atoms with van der Waals surface area (Å²) in [7, 11) is -16.1. The Balaban J connectivity index is 1.67. The van der Waals surface area contributed by atoms with Gasteiger partial charge in [-0.25, -0.2) is 23.7 Å². The van der Waals surface area contributed by atoms with E-state index in [-0.39, 0.29) is 12.5 Å². The fourth-order valence-corrected chi connectivity index (χ4v) is 6.20. The highest BCUT2D eigenvalue weighted by molar-refractivity contribution is 7.66. The summed E-state index contributed by atoms with van der Waals surface area (Å²) in [6.45, 7) is 0. The summed E-state index contributed by atoms with van der Waals surface area (Å²) < 4.78 is 47.9. The summed E-state index contributed by atoms with van der Waals surface area (Å²) in [5.74, 6) is 0. The molecule has 6 N–H and O–H groups in total. The number of fused-ring (bicyclic) bond motifs is 1. The maximum Gasteiger partial charge on any atom is 0.490 e. The average molecular weight is 458 g/mol. The van der Waals surface area contributed by atoms with Gasteiger partial charge in [-0.3, -0.25) is 4.52 Å². The zero-order chi connectivity index (χ0) is 20.7. The van der Waals surface area contributed by atoms with E-state index in [2.05, 4.69) is 18.6 Å². The average Bonchev–Trinajstić information content (AvgIpc) is 3.09. The number of pyridine rings is 1. The Hall–Kier alpha value is -1.17. The largest absolute Gasteiger partial charge is 0.490 e. The molecule has 3 rings (SSSR count). The van der Waals surface area contributed by atoms with Gasteiger partial charge in [0, 0.05) is 12.2 Å². The van der Waals surface area contributed by atoms with Crippen molar-refractivity contribution in [3.05, 3.63) is 18.6 Å². The van der Waals surface area contributed by atoms with Crippen LogP contribution in [0.25, 0.3) is 11.2 Å². The first-order chi connectivity index (χ1) is 12.9. The van der Waals surface area contributed by atoms with Crippen molar-refractivity contribution < 1.29 is 46.4 Å². The third-order valence-electron chi connectivity index (χ3n) is 3.94. The number of nitrogens with two attached hydrogens (primary N) is 1. The number of nitrogens with zero attached hydrogens (tertiary/aromatic N) is 3. The van der Waals surface area contributed by atoms with E-state index in [1.807, 2.05) is 0 Å². The number of hydrogen-bond donors (Lipinski definition) is 5. The first kappa shape index (κ1) is 21.5. The molecule has 0 amide bonds. The summed E-state index contributed by atoms with van der Waals surface area (Å²) in [6.07, 6.45) is 3.26. The maximum absolute atomic E-state index is 11.9. The van der Waals surface area contributed by atoms with Gasteiger partial charge in [-0.2, -0.15) is 8.62 Å². The summed E-state index contributed by atoms with van der Waals surface area (Å²) in [5, 5.41) is 0. The molecule has 28 heavy (non-hydrogen) atoms. The molecule has 156 valence electrons. The van der Waals surface area contributed by atoms with Crippen LogP contribution in [0.1, 0.15) is 25.3 Å². The molecule has 1 aliphatic rings. The quantitative estimate of drug-likeness (QED) is 0.372. The van der Waals surface area contributed by atoms with Crippen molar-refractivity contribution in [2.24, 2.45) is 0 Å². The molecule has 3 unspecified atom stereocenters. The van der Waals surface area contributed by atoms with E-state index < -0.39 is 29.6 Å². The molecule has 0 aromatic carbocycles. The number of phosphoric acid groups is 3. The predicted molar refractivity (Wildman–Crippen MR) is 93.6 cm³/mol. The van der Waals surface area contributed by atoms with Crippen LogP contribution in [0.2, 0.25) is 0 Å². The van der Waals surface area contributed by atoms with Gasteiger partial charge in [-0.05, 0) is 25.3 Å². The Kier molecular flexibility index (Phi) is 5.83. The first-order valence-corrected chi connectivity index (χ1v) is 12.3. The number of hydrogen-bond acceptors (Lipinski definition) is 9. The molecule has 0 spiro atoms. The van der Waals surface area contributed by atoms with Crippen LogP contribution in [0, 0.1) is 0 Å². The Bertz CT molecular complexity index is 1020. The number of phosphoric ester groups is 1. The Morgan fingerprint density at radius 2 is 1.79 bits per heavy atom. The number of rotatable bonds is 7. The van der Waals surface area contributed by atoms with Crippen LogP contribution in [0.4, 0.5) is 5.69 Å². The van der Waals surface area contributed by atoms with Crippen molar-refractivity contribution >= 4 is 40.3 Å². The second-order valence-electron chi connectivity index (χ2n) is 6.01. The molecule has 1 saturated carbocycles. The number of aromatic nitrogens is 3. The highest BCUT2D eigenvalue weighted by Gasteiger charge is 2.43. The summed E-state index contributed by atoms with van der Waals surface area (Å²) >= 11 is 0. The van der Waals surface area contributed by atoms with Crippen LogP contribution in [0.5, 0.6) is 0 Å². The molecule has 0 aliphatic heterocycles. The number of anilines is 1. The minimum Gasteiger partial charge on any atom is -0.397 e. The van der Waals surface area contributed by atoms with Crippen molar-refractivity contribution in [1.29, 1.82) is 0 Å². The second-order valence-corrected chi connectivity index (χ2v) is 10.4. The standard InChI is InChI=1S/C11H17N4O10P3/c12-9-3-4-13-11-10(9)14-6-15(11)7-1-2-8(5-7)23-27(19,20)25-28(21,22)24-26(16,17)18/h3-4,6-8H,1-2,5H2,(H2,12,13)(H,19,20)(H,21,22)(H2,16,17,18)/t7-,8?/m1/s1. The van der Waals surface area contributed by atoms with Gasteiger partial charge < -0.3 is 29.9 Å². The van der Waals surface area contributed by atoms with Gasteiger partial charge in [0.05, 0.1) is 18.1 Å². The zero-order valence-corrected chi connectivity index (χ0v) is 16.7. The molecule has 2 aromatic heterocycles. The lowest BCUT2D eigenvalue weighted by atomic mass is 10.2. The lowest BCUT2D eigenvalue weighted by molar-refractivity contribution is 0.127. The fourth-order valence-electron chi connectivity index (χ4n) is 2.97. The van der Waals surface area contributed by atoms with Gasteiger partial charge in [0.1, 0.15) is 5.52 Å². The van der Waals surface area contributed by atoms with Gasteiger partial charge in [0.15, 0.2) is 5.65 Å². The highest BCUT2D eigenvalue weighted by atomic mass is 31.3. The normalized spacial score (nSPS) is 24.9. The molecule has 0 radical (unpaired) electrons. The summed E-state index contributed by atoms with van der Waals surface area (Å²) in [5.41, 5.74) is 7.33. The van der Waals surface area contributed by atoms with E-state index in [4.69, 9.17) is 20.0 Å². The molecular weight excluding hydrogens is 441 g/mol. The van der Waals surface area contributed by atoms with Crippen LogP contribution in [-0.2, 0) is 26.8 Å². The van der Waals surface area contributed by atoms with Gasteiger partial charge in [0.2, 0.25) is 0 Å². The molecule has 1 fully saturated rings. The van der Waals surface area contributed by atoms with Crippen molar-refractivity contribution in [3.63, 3.8) is 0 Å². The van der Waals surface area contributed by atoms with Gasteiger partial charge in [0.25, 0.3) is 0 Å². The van der Waals surface area contributed by atoms with E-state index in [1.165, 1.54) is 12.5 Å². The van der Waals surface area contributed by atoms with Gasteiger partial charge >= 0.3 is 23.5 Å². The van der Waals surface area contributed by atoms with Crippen molar-refractivity contribution in [2.45, 2.75) is 31.4 Å². The van der Waals surface area contributed by atoms with Crippen LogP contribution < -0.4 is 5.73 Å². The van der Waals surface area contributed by atoms with Crippen LogP contribution in [-0.4, -0.2) is 40.2 Å². The predicted octanol–water partition coefficient (Wildman–Crippen LogP) is 1.45. The lowest BCUT2D eigenvalue weighted by Gasteiger charge is -2.19. The van der Waals surface area contributed by atoms with Crippen LogP contribution in [0.3, 0.4) is 0 Å². The maximum atomic E-state index is 11.9. The molecule has 14 nitrogen and oxygen atoms in total. The monoisotopic (exact) mass is 458 g/mol. The SMILES string of the molecule is Nc1ccnc2c1ncn2[C@@H]1CCC(OP(=O)(O)OP(=O)(O)OP(=O)(O)O)C1. The highest BCUT2D eigenvalue weighted by Crippen LogP contribution is 2.67. The zero-order valence-electron chi connectivity index (χ0n) is 14.0. The van der Waals surface area contributed by atoms with Gasteiger partial charge in [-0.15, -0.1) is 0 Å². The van der Waals surface area contributed by atoms with E-state index in [9.17, 15) is 23.5 Å². The molecule has 17 heteroatoms. The summed E-state index contributed by atoms with van der Waals surface area (Å²) in [6, 6.07) is 1.41. The first-order valence-electron chi connectivity index (χ1n) is 7.74. The third-order valence-corrected chi connectivity index (χ3v) is 7.83. The van der Waals surface area contributed by atoms with E-state index >= 15 is 0 Å². The molecular formula is C11H17N4O10P3. The third kappa shape index (κ3) is 5.25. The van der Waals surface area contributed by atoms with Crippen LogP contribution >= 0.6 is 23.5 Å². The van der Waals surface area contributed by atoms with E-state index in [1.54, 1.807) is 10.6 Å². The number of nitrogen functional groups attached to an aromatic ring is 1. The molecule has 1 aliphatic carbocycles. The number of imidazole rings is 1. The lowest BCUT2D eigenvalue weighted by Crippen LogP contribution is -2.10. The minimum atomic E-state index is -5.53. The van der Waals surface area contributed by atoms with E-state index in [0.717, 1.165) is 0 Å². The van der Waals surface area contributed by atoms with Crippen molar-refractivity contribution in [1.82, 2.24) is 14.5 Å². The van der Waals surface area contributed by atoms with Gasteiger partial charge in [-0.1, -0.05) is 0 Å². The molecule has 4 atom stereocenters. The summed E-state index contributed by atoms with van der Waals surface area (Å²) in [4.78, 5) is 44.3. The topological polar surface area (TPSA) is 217 Å². The Morgan fingerprint density at radius 3 is 2.46 bits per heavy atom. The Labute approximate surface area is 157 Å². The van der Waals surface area contributed by atoms with Crippen LogP contribution in [0.15, 0.2) is 18.6 Å². The van der Waals surface area contributed by atoms with Crippen molar-refractivity contribution in [3.8, 4) is 0 Å². The molecule has 2 aromatic rings. The van der Waals surface area contributed by atoms with Crippen molar-refractivity contribution in [2.75, 3.05) is 5.73 Å². The molecule has 0 saturated heterocycles. The minimum absolute atomic E-state index is 0.198. The molecule has 0 bridgehead atoms.